The van der Waals surface area contributed by atoms with E-state index in [-0.39, 0.29) is 32.5 Å². The van der Waals surface area contributed by atoms with Gasteiger partial charge in [-0.2, -0.15) is 0 Å². The lowest BCUT2D eigenvalue weighted by atomic mass is 9.96. The summed E-state index contributed by atoms with van der Waals surface area (Å²) in [5.41, 5.74) is 1.91. The van der Waals surface area contributed by atoms with Gasteiger partial charge in [-0.05, 0) is 36.5 Å². The van der Waals surface area contributed by atoms with Crippen LogP contribution in [0.15, 0.2) is 84.2 Å². The summed E-state index contributed by atoms with van der Waals surface area (Å²) in [6, 6.07) is 17.9. The van der Waals surface area contributed by atoms with E-state index in [9.17, 15) is 24.0 Å². The minimum Gasteiger partial charge on any atom is -0.467 e. The molecule has 59 heavy (non-hydrogen) atoms. The first kappa shape index (κ1) is 43.6. The molecule has 2 aromatic heterocycles. The van der Waals surface area contributed by atoms with Crippen LogP contribution in [-0.4, -0.2) is 119 Å². The molecule has 2 amide bonds. The Kier molecular flexibility index (Phi) is 15.3. The molecule has 1 aliphatic heterocycles. The van der Waals surface area contributed by atoms with E-state index >= 15 is 0 Å². The molecular formula is C41H49N7O11. The minimum atomic E-state index is -1.18. The van der Waals surface area contributed by atoms with Crippen LogP contribution < -0.4 is 5.32 Å². The second-order valence-corrected chi connectivity index (χ2v) is 14.0. The highest BCUT2D eigenvalue weighted by Crippen LogP contribution is 2.39. The first-order chi connectivity index (χ1) is 28.3. The normalized spacial score (nSPS) is 18.4. The van der Waals surface area contributed by atoms with Gasteiger partial charge >= 0.3 is 30.1 Å². The Bertz CT molecular complexity index is 2080. The van der Waals surface area contributed by atoms with Crippen LogP contribution in [0.3, 0.4) is 0 Å². The average Bonchev–Trinajstić information content (AvgIpc) is 3.79. The number of ether oxygens (including phenoxy) is 6. The van der Waals surface area contributed by atoms with Crippen molar-refractivity contribution in [2.45, 2.75) is 82.9 Å². The number of aromatic nitrogens is 3. The van der Waals surface area contributed by atoms with Gasteiger partial charge in [0.2, 0.25) is 0 Å². The van der Waals surface area contributed by atoms with E-state index in [0.29, 0.717) is 16.9 Å². The summed E-state index contributed by atoms with van der Waals surface area (Å²) in [5.74, 6) is -1.69. The molecule has 6 atom stereocenters. The summed E-state index contributed by atoms with van der Waals surface area (Å²) in [5, 5.41) is 3.15. The Hall–Kier alpha value is -6.56. The van der Waals surface area contributed by atoms with E-state index in [2.05, 4.69) is 20.3 Å². The van der Waals surface area contributed by atoms with Crippen molar-refractivity contribution in [3.05, 3.63) is 90.4 Å². The highest BCUT2D eigenvalue weighted by atomic mass is 16.6. The maximum atomic E-state index is 13.7. The van der Waals surface area contributed by atoms with Crippen LogP contribution in [0.2, 0.25) is 0 Å². The predicted octanol–water partition coefficient (Wildman–Crippen LogP) is 4.69. The first-order valence-electron chi connectivity index (χ1n) is 18.8. The predicted molar refractivity (Wildman–Crippen MR) is 212 cm³/mol. The second-order valence-electron chi connectivity index (χ2n) is 14.0. The number of amides is 2. The van der Waals surface area contributed by atoms with Gasteiger partial charge in [0.05, 0.1) is 18.8 Å². The highest BCUT2D eigenvalue weighted by Gasteiger charge is 2.51. The number of fused-ring (bicyclic) bond motifs is 1. The Balaban J connectivity index is 1.44. The lowest BCUT2D eigenvalue weighted by Gasteiger charge is -2.32. The molecule has 18 heteroatoms. The van der Waals surface area contributed by atoms with Crippen LogP contribution in [0, 0.1) is 0 Å². The largest absolute Gasteiger partial charge is 0.467 e. The molecule has 0 aliphatic carbocycles. The van der Waals surface area contributed by atoms with Crippen molar-refractivity contribution >= 4 is 53.3 Å². The van der Waals surface area contributed by atoms with Crippen LogP contribution in [0.1, 0.15) is 50.5 Å². The van der Waals surface area contributed by atoms with Gasteiger partial charge < -0.3 is 48.1 Å². The van der Waals surface area contributed by atoms with Crippen molar-refractivity contribution in [1.82, 2.24) is 29.7 Å². The number of nitrogens with zero attached hydrogens (tertiary/aromatic N) is 6. The second kappa shape index (κ2) is 20.7. The number of aliphatic imine (C=N–C) groups is 1. The molecule has 2 unspecified atom stereocenters. The minimum absolute atomic E-state index is 0.0118. The molecular weight excluding hydrogens is 766 g/mol. The maximum Gasteiger partial charge on any atom is 0.410 e. The van der Waals surface area contributed by atoms with E-state index in [1.165, 1.54) is 39.2 Å². The standard InChI is InChI=1S/C41H49N7O11/c1-26(49)57-34-33(59-38(35(34)58-27(2)50)48-20-19-31-36(44-25-46(3)4)42-24-43-37(31)48)21-30(47(5)41(53)56-23-29-15-11-8-12-16-29)17-18-32(39(51)54-6)45-40(52)55-22-28-13-9-7-10-14-28/h7-16,19-20,24-25,30,32-35,38H,17-18,21-23H2,1-6H3,(H,45,52)/t30?,32-,33+,34?,35-,38+/m0/s1. The van der Waals surface area contributed by atoms with E-state index in [1.54, 1.807) is 52.3 Å². The summed E-state index contributed by atoms with van der Waals surface area (Å²) in [6.45, 7) is 2.39. The zero-order valence-electron chi connectivity index (χ0n) is 33.8. The van der Waals surface area contributed by atoms with Gasteiger partial charge in [0, 0.05) is 47.2 Å². The van der Waals surface area contributed by atoms with E-state index in [0.717, 1.165) is 11.1 Å². The van der Waals surface area contributed by atoms with Crippen molar-refractivity contribution in [1.29, 1.82) is 0 Å². The highest BCUT2D eigenvalue weighted by molar-refractivity contribution is 5.87. The Morgan fingerprint density at radius 3 is 2.10 bits per heavy atom. The molecule has 0 spiro atoms. The van der Waals surface area contributed by atoms with Crippen molar-refractivity contribution in [2.75, 3.05) is 28.3 Å². The monoisotopic (exact) mass is 815 g/mol. The Morgan fingerprint density at radius 1 is 0.864 bits per heavy atom. The van der Waals surface area contributed by atoms with Crippen LogP contribution in [-0.2, 0) is 56.0 Å². The Morgan fingerprint density at radius 2 is 1.49 bits per heavy atom. The van der Waals surface area contributed by atoms with Gasteiger partial charge in [-0.25, -0.2) is 29.3 Å². The number of rotatable bonds is 17. The number of carbonyl (C=O) groups is 5. The molecule has 18 nitrogen and oxygen atoms in total. The quantitative estimate of drug-likeness (QED) is 0.0666. The summed E-state index contributed by atoms with van der Waals surface area (Å²) in [4.78, 5) is 81.0. The molecule has 5 rings (SSSR count). The van der Waals surface area contributed by atoms with E-state index in [4.69, 9.17) is 28.4 Å². The third-order valence-corrected chi connectivity index (χ3v) is 9.39. The van der Waals surface area contributed by atoms with Crippen LogP contribution >= 0.6 is 0 Å². The Labute approximate surface area is 341 Å². The number of hydrogen-bond acceptors (Lipinski definition) is 14. The smallest absolute Gasteiger partial charge is 0.410 e. The molecule has 0 bridgehead atoms. The molecule has 1 N–H and O–H groups in total. The lowest BCUT2D eigenvalue weighted by Crippen LogP contribution is -2.46. The number of benzene rings is 2. The van der Waals surface area contributed by atoms with Crippen molar-refractivity contribution in [2.24, 2.45) is 4.99 Å². The summed E-state index contributed by atoms with van der Waals surface area (Å²) in [6.07, 6.45) is -1.27. The first-order valence-corrected chi connectivity index (χ1v) is 18.8. The van der Waals surface area contributed by atoms with Gasteiger partial charge in [-0.1, -0.05) is 60.7 Å². The molecule has 0 saturated carbocycles. The number of hydrogen-bond donors (Lipinski definition) is 1. The number of methoxy groups -OCH3 is 1. The number of carbonyl (C=O) groups excluding carboxylic acids is 5. The molecule has 4 aromatic rings. The van der Waals surface area contributed by atoms with Crippen molar-refractivity contribution in [3.8, 4) is 0 Å². The zero-order chi connectivity index (χ0) is 42.5. The van der Waals surface area contributed by atoms with Gasteiger partial charge in [-0.3, -0.25) is 9.59 Å². The summed E-state index contributed by atoms with van der Waals surface area (Å²) < 4.78 is 35.9. The molecule has 0 radical (unpaired) electrons. The lowest BCUT2D eigenvalue weighted by molar-refractivity contribution is -0.165. The zero-order valence-corrected chi connectivity index (χ0v) is 33.8. The third-order valence-electron chi connectivity index (χ3n) is 9.39. The third kappa shape index (κ3) is 12.0. The number of alkyl carbamates (subject to hydrolysis) is 1. The van der Waals surface area contributed by atoms with Crippen molar-refractivity contribution < 1.29 is 52.4 Å². The summed E-state index contributed by atoms with van der Waals surface area (Å²) in [7, 11) is 6.35. The molecule has 1 fully saturated rings. The number of nitrogens with one attached hydrogen (secondary N) is 1. The fourth-order valence-electron chi connectivity index (χ4n) is 6.57. The van der Waals surface area contributed by atoms with Crippen LogP contribution in [0.25, 0.3) is 11.0 Å². The van der Waals surface area contributed by atoms with Gasteiger partial charge in [0.25, 0.3) is 0 Å². The number of esters is 3. The van der Waals surface area contributed by atoms with Gasteiger partial charge in [0.1, 0.15) is 37.3 Å². The fourth-order valence-corrected chi connectivity index (χ4v) is 6.57. The molecule has 2 aromatic carbocycles. The van der Waals surface area contributed by atoms with Gasteiger partial charge in [-0.15, -0.1) is 0 Å². The van der Waals surface area contributed by atoms with Crippen molar-refractivity contribution in [3.63, 3.8) is 0 Å². The molecule has 1 saturated heterocycles. The molecule has 1 aliphatic rings. The van der Waals surface area contributed by atoms with Gasteiger partial charge in [0.15, 0.2) is 24.3 Å². The van der Waals surface area contributed by atoms with E-state index in [1.807, 2.05) is 50.5 Å². The maximum absolute atomic E-state index is 13.7. The summed E-state index contributed by atoms with van der Waals surface area (Å²) >= 11 is 0. The van der Waals surface area contributed by atoms with Crippen LogP contribution in [0.4, 0.5) is 15.4 Å². The SMILES string of the molecule is COC(=O)[C@H](CCC(C[C@H]1O[C@@H](n2ccc3c(N=CN(C)C)ncnc32)[C@@H](OC(C)=O)C1OC(C)=O)N(C)C(=O)OCc1ccccc1)NC(=O)OCc1ccccc1. The molecule has 314 valence electrons. The average molecular weight is 816 g/mol. The molecule has 3 heterocycles. The topological polar surface area (TPSA) is 202 Å². The van der Waals surface area contributed by atoms with E-state index < -0.39 is 66.7 Å². The fraction of sp³-hybridized carbons (Fsp3) is 0.415. The van der Waals surface area contributed by atoms with Crippen LogP contribution in [0.5, 0.6) is 0 Å².